The van der Waals surface area contributed by atoms with Crippen molar-refractivity contribution in [2.75, 3.05) is 4.90 Å². The van der Waals surface area contributed by atoms with Crippen LogP contribution in [-0.2, 0) is 9.59 Å². The minimum Gasteiger partial charge on any atom is -0.507 e. The van der Waals surface area contributed by atoms with Crippen LogP contribution in [0.1, 0.15) is 28.3 Å². The van der Waals surface area contributed by atoms with Crippen molar-refractivity contribution in [2.24, 2.45) is 0 Å². The number of anilines is 1. The van der Waals surface area contributed by atoms with Crippen molar-refractivity contribution < 1.29 is 19.8 Å². The van der Waals surface area contributed by atoms with Crippen LogP contribution in [0, 0.1) is 13.8 Å². The summed E-state index contributed by atoms with van der Waals surface area (Å²) >= 11 is 12.1. The molecule has 0 spiro atoms. The fraction of sp³-hybridized carbons (Fsp3) is 0.120. The number of ketones is 1. The Hall–Kier alpha value is -3.28. The molecule has 3 aromatic rings. The molecule has 0 aromatic heterocycles. The molecule has 162 valence electrons. The van der Waals surface area contributed by atoms with Gasteiger partial charge in [-0.15, -0.1) is 0 Å². The number of Topliss-reactive ketones (excluding diaryl/α,β-unsaturated/α-hetero) is 1. The highest BCUT2D eigenvalue weighted by atomic mass is 35.5. The van der Waals surface area contributed by atoms with Crippen LogP contribution in [0.5, 0.6) is 5.75 Å². The SMILES string of the molecule is Cc1ccc(N2C(=O)C(=O)/C(=C(/O)c3ccc(Cl)cc3)C2c2ccc(O)c(Cl)c2)cc1C. The van der Waals surface area contributed by atoms with Gasteiger partial charge >= 0.3 is 0 Å². The Bertz CT molecular complexity index is 1280. The van der Waals surface area contributed by atoms with Crippen LogP contribution >= 0.6 is 23.2 Å². The van der Waals surface area contributed by atoms with E-state index in [-0.39, 0.29) is 22.1 Å². The van der Waals surface area contributed by atoms with Gasteiger partial charge < -0.3 is 10.2 Å². The van der Waals surface area contributed by atoms with Gasteiger partial charge in [0.15, 0.2) is 0 Å². The minimum absolute atomic E-state index is 0.0691. The van der Waals surface area contributed by atoms with E-state index in [0.717, 1.165) is 11.1 Å². The Morgan fingerprint density at radius 2 is 1.59 bits per heavy atom. The highest BCUT2D eigenvalue weighted by Crippen LogP contribution is 2.43. The van der Waals surface area contributed by atoms with Gasteiger partial charge in [0.05, 0.1) is 16.6 Å². The van der Waals surface area contributed by atoms with Crippen molar-refractivity contribution in [3.05, 3.63) is 98.5 Å². The number of amides is 1. The zero-order valence-corrected chi connectivity index (χ0v) is 18.8. The number of nitrogens with zero attached hydrogens (tertiary/aromatic N) is 1. The number of phenolic OH excluding ortho intramolecular Hbond substituents is 1. The maximum atomic E-state index is 13.2. The zero-order valence-electron chi connectivity index (χ0n) is 17.3. The monoisotopic (exact) mass is 467 g/mol. The van der Waals surface area contributed by atoms with Gasteiger partial charge in [0, 0.05) is 16.3 Å². The molecule has 1 aliphatic heterocycles. The molecule has 5 nitrogen and oxygen atoms in total. The normalized spacial score (nSPS) is 17.8. The van der Waals surface area contributed by atoms with Gasteiger partial charge in [-0.3, -0.25) is 14.5 Å². The summed E-state index contributed by atoms with van der Waals surface area (Å²) in [5.74, 6) is -2.03. The van der Waals surface area contributed by atoms with Gasteiger partial charge in [0.25, 0.3) is 11.7 Å². The van der Waals surface area contributed by atoms with E-state index in [2.05, 4.69) is 0 Å². The molecule has 2 N–H and O–H groups in total. The molecule has 0 bridgehead atoms. The van der Waals surface area contributed by atoms with Crippen LogP contribution in [0.3, 0.4) is 0 Å². The number of carbonyl (C=O) groups is 2. The predicted octanol–water partition coefficient (Wildman–Crippen LogP) is 5.94. The molecule has 0 radical (unpaired) electrons. The molecular weight excluding hydrogens is 449 g/mol. The zero-order chi connectivity index (χ0) is 23.2. The smallest absolute Gasteiger partial charge is 0.300 e. The highest BCUT2D eigenvalue weighted by Gasteiger charge is 2.47. The van der Waals surface area contributed by atoms with Crippen molar-refractivity contribution in [2.45, 2.75) is 19.9 Å². The predicted molar refractivity (Wildman–Crippen MR) is 125 cm³/mol. The van der Waals surface area contributed by atoms with Crippen LogP contribution in [0.15, 0.2) is 66.2 Å². The van der Waals surface area contributed by atoms with Crippen molar-refractivity contribution in [3.8, 4) is 5.75 Å². The first-order valence-electron chi connectivity index (χ1n) is 9.81. The molecule has 0 aliphatic carbocycles. The maximum absolute atomic E-state index is 13.2. The van der Waals surface area contributed by atoms with Crippen molar-refractivity contribution in [1.82, 2.24) is 0 Å². The number of aliphatic hydroxyl groups is 1. The molecule has 1 unspecified atom stereocenters. The van der Waals surface area contributed by atoms with Crippen LogP contribution in [-0.4, -0.2) is 21.9 Å². The molecule has 0 saturated carbocycles. The first-order valence-corrected chi connectivity index (χ1v) is 10.6. The van der Waals surface area contributed by atoms with E-state index >= 15 is 0 Å². The van der Waals surface area contributed by atoms with Gasteiger partial charge in [-0.05, 0) is 79.1 Å². The highest BCUT2D eigenvalue weighted by molar-refractivity contribution is 6.51. The number of carbonyl (C=O) groups excluding carboxylic acids is 2. The Morgan fingerprint density at radius 1 is 0.906 bits per heavy atom. The third-order valence-electron chi connectivity index (χ3n) is 5.62. The first-order chi connectivity index (χ1) is 15.2. The molecule has 7 heteroatoms. The Labute approximate surface area is 195 Å². The van der Waals surface area contributed by atoms with E-state index in [0.29, 0.717) is 21.8 Å². The van der Waals surface area contributed by atoms with Crippen molar-refractivity contribution in [1.29, 1.82) is 0 Å². The maximum Gasteiger partial charge on any atom is 0.300 e. The molecule has 1 saturated heterocycles. The quantitative estimate of drug-likeness (QED) is 0.283. The fourth-order valence-corrected chi connectivity index (χ4v) is 4.06. The Kier molecular flexibility index (Phi) is 5.71. The summed E-state index contributed by atoms with van der Waals surface area (Å²) in [7, 11) is 0. The summed E-state index contributed by atoms with van der Waals surface area (Å²) in [6.45, 7) is 3.86. The lowest BCUT2D eigenvalue weighted by Gasteiger charge is -2.26. The number of aryl methyl sites for hydroxylation is 2. The fourth-order valence-electron chi connectivity index (χ4n) is 3.75. The molecule has 1 amide bonds. The summed E-state index contributed by atoms with van der Waals surface area (Å²) in [6, 6.07) is 15.3. The molecule has 4 rings (SSSR count). The summed E-state index contributed by atoms with van der Waals surface area (Å²) < 4.78 is 0. The summed E-state index contributed by atoms with van der Waals surface area (Å²) in [6.07, 6.45) is 0. The first kappa shape index (κ1) is 21.9. The minimum atomic E-state index is -0.939. The third-order valence-corrected chi connectivity index (χ3v) is 6.17. The number of aliphatic hydroxyl groups excluding tert-OH is 1. The van der Waals surface area contributed by atoms with Crippen molar-refractivity contribution >= 4 is 46.3 Å². The Morgan fingerprint density at radius 3 is 2.22 bits per heavy atom. The van der Waals surface area contributed by atoms with E-state index in [9.17, 15) is 19.8 Å². The summed E-state index contributed by atoms with van der Waals surface area (Å²) in [5, 5.41) is 21.5. The lowest BCUT2D eigenvalue weighted by Crippen LogP contribution is -2.29. The Balaban J connectivity index is 1.97. The number of phenols is 1. The van der Waals surface area contributed by atoms with Crippen LogP contribution in [0.4, 0.5) is 5.69 Å². The summed E-state index contributed by atoms with van der Waals surface area (Å²) in [4.78, 5) is 27.7. The van der Waals surface area contributed by atoms with E-state index in [1.54, 1.807) is 36.4 Å². The van der Waals surface area contributed by atoms with Gasteiger partial charge in [0.2, 0.25) is 0 Å². The summed E-state index contributed by atoms with van der Waals surface area (Å²) in [5.41, 5.74) is 3.25. The van der Waals surface area contributed by atoms with Gasteiger partial charge in [-0.1, -0.05) is 35.3 Å². The van der Waals surface area contributed by atoms with Crippen LogP contribution in [0.25, 0.3) is 5.76 Å². The van der Waals surface area contributed by atoms with Crippen LogP contribution < -0.4 is 4.90 Å². The second kappa shape index (κ2) is 8.34. The number of rotatable bonds is 3. The van der Waals surface area contributed by atoms with E-state index in [1.165, 1.54) is 17.0 Å². The van der Waals surface area contributed by atoms with Crippen LogP contribution in [0.2, 0.25) is 10.0 Å². The van der Waals surface area contributed by atoms with Gasteiger partial charge in [-0.2, -0.15) is 0 Å². The molecule has 1 atom stereocenters. The van der Waals surface area contributed by atoms with Crippen molar-refractivity contribution in [3.63, 3.8) is 0 Å². The molecular formula is C25H19Cl2NO4. The lowest BCUT2D eigenvalue weighted by molar-refractivity contribution is -0.132. The average molecular weight is 468 g/mol. The molecule has 3 aromatic carbocycles. The molecule has 1 aliphatic rings. The second-order valence-electron chi connectivity index (χ2n) is 7.66. The van der Waals surface area contributed by atoms with Gasteiger partial charge in [-0.25, -0.2) is 0 Å². The number of benzene rings is 3. The van der Waals surface area contributed by atoms with E-state index in [4.69, 9.17) is 23.2 Å². The molecule has 32 heavy (non-hydrogen) atoms. The average Bonchev–Trinajstić information content (AvgIpc) is 3.03. The number of hydrogen-bond acceptors (Lipinski definition) is 4. The number of halogens is 2. The largest absolute Gasteiger partial charge is 0.507 e. The number of hydrogen-bond donors (Lipinski definition) is 2. The topological polar surface area (TPSA) is 77.8 Å². The van der Waals surface area contributed by atoms with E-state index < -0.39 is 17.7 Å². The second-order valence-corrected chi connectivity index (χ2v) is 8.50. The molecule has 1 heterocycles. The van der Waals surface area contributed by atoms with Gasteiger partial charge in [0.1, 0.15) is 11.5 Å². The standard InChI is InChI=1S/C25H19Cl2NO4/c1-13-3-9-18(11-14(13)2)28-22(16-6-10-20(29)19(27)12-16)21(24(31)25(28)32)23(30)15-4-7-17(26)8-5-15/h3-12,22,29-30H,1-2H3/b23-21+. The number of aromatic hydroxyl groups is 1. The third kappa shape index (κ3) is 3.74. The lowest BCUT2D eigenvalue weighted by atomic mass is 9.95. The molecule has 1 fully saturated rings. The van der Waals surface area contributed by atoms with E-state index in [1.807, 2.05) is 26.0 Å².